The lowest BCUT2D eigenvalue weighted by Crippen LogP contribution is -2.15. The van der Waals surface area contributed by atoms with Gasteiger partial charge in [-0.05, 0) is 47.1 Å². The van der Waals surface area contributed by atoms with Crippen molar-refractivity contribution in [1.82, 2.24) is 0 Å². The monoisotopic (exact) mass is 387 g/mol. The van der Waals surface area contributed by atoms with Crippen molar-refractivity contribution < 1.29 is 14.7 Å². The number of benzene rings is 1. The lowest BCUT2D eigenvalue weighted by molar-refractivity contribution is 0.0600. The fourth-order valence-electron chi connectivity index (χ4n) is 3.00. The normalized spacial score (nSPS) is 16.3. The lowest BCUT2D eigenvalue weighted by atomic mass is 9.85. The number of ether oxygens (including phenoxy) is 1. The van der Waals surface area contributed by atoms with E-state index in [4.69, 9.17) is 16.3 Å². The van der Waals surface area contributed by atoms with E-state index in [1.165, 1.54) is 12.7 Å². The molecule has 0 spiro atoms. The van der Waals surface area contributed by atoms with Gasteiger partial charge in [-0.25, -0.2) is 4.79 Å². The van der Waals surface area contributed by atoms with E-state index >= 15 is 0 Å². The number of nitrogens with zero attached hydrogens (tertiary/aromatic N) is 1. The molecule has 0 heterocycles. The average Bonchev–Trinajstić information content (AvgIpc) is 2.91. The van der Waals surface area contributed by atoms with Gasteiger partial charge >= 0.3 is 5.97 Å². The molecule has 0 amide bonds. The summed E-state index contributed by atoms with van der Waals surface area (Å²) in [5.41, 5.74) is 3.80. The van der Waals surface area contributed by atoms with Crippen LogP contribution in [-0.2, 0) is 11.2 Å². The first kappa shape index (κ1) is 21.0. The average molecular weight is 388 g/mol. The van der Waals surface area contributed by atoms with Crippen molar-refractivity contribution >= 4 is 22.7 Å². The number of rotatable bonds is 5. The van der Waals surface area contributed by atoms with Crippen molar-refractivity contribution in [2.45, 2.75) is 33.6 Å². The molecule has 1 unspecified atom stereocenters. The van der Waals surface area contributed by atoms with Crippen molar-refractivity contribution in [3.05, 3.63) is 70.8 Å². The van der Waals surface area contributed by atoms with Crippen LogP contribution >= 0.6 is 11.6 Å². The summed E-state index contributed by atoms with van der Waals surface area (Å²) in [7, 11) is 1.36. The minimum Gasteiger partial charge on any atom is -0.465 e. The zero-order valence-corrected chi connectivity index (χ0v) is 17.0. The van der Waals surface area contributed by atoms with Gasteiger partial charge in [0.15, 0.2) is 5.17 Å². The van der Waals surface area contributed by atoms with E-state index < -0.39 is 0 Å². The first-order chi connectivity index (χ1) is 12.8. The molecule has 0 aliphatic heterocycles. The Morgan fingerprint density at radius 3 is 2.44 bits per heavy atom. The van der Waals surface area contributed by atoms with Gasteiger partial charge < -0.3 is 9.94 Å². The van der Waals surface area contributed by atoms with E-state index in [0.717, 1.165) is 17.6 Å². The van der Waals surface area contributed by atoms with Crippen LogP contribution in [0.1, 0.15) is 43.1 Å². The van der Waals surface area contributed by atoms with E-state index in [2.05, 4.69) is 44.2 Å². The highest BCUT2D eigenvalue weighted by molar-refractivity contribution is 6.66. The van der Waals surface area contributed by atoms with Gasteiger partial charge in [0, 0.05) is 5.92 Å². The van der Waals surface area contributed by atoms with Crippen LogP contribution in [0.15, 0.2) is 64.9 Å². The minimum absolute atomic E-state index is 0.0634. The first-order valence-corrected chi connectivity index (χ1v) is 9.27. The molecule has 0 saturated heterocycles. The largest absolute Gasteiger partial charge is 0.465 e. The molecule has 1 N–H and O–H groups in total. The summed E-state index contributed by atoms with van der Waals surface area (Å²) in [6.07, 6.45) is 9.82. The van der Waals surface area contributed by atoms with Crippen molar-refractivity contribution in [1.29, 1.82) is 0 Å². The minimum atomic E-state index is -0.372. The third-order valence-electron chi connectivity index (χ3n) is 4.61. The van der Waals surface area contributed by atoms with Crippen LogP contribution in [0.4, 0.5) is 0 Å². The molecule has 1 aromatic rings. The van der Waals surface area contributed by atoms with Crippen molar-refractivity contribution in [3.63, 3.8) is 0 Å². The maximum atomic E-state index is 11.6. The number of hydrogen-bond donors (Lipinski definition) is 1. The zero-order chi connectivity index (χ0) is 20.0. The van der Waals surface area contributed by atoms with Crippen LogP contribution in [0.5, 0.6) is 0 Å². The zero-order valence-electron chi connectivity index (χ0n) is 16.2. The van der Waals surface area contributed by atoms with Gasteiger partial charge in [0.2, 0.25) is 0 Å². The summed E-state index contributed by atoms with van der Waals surface area (Å²) in [5, 5.41) is 12.6. The molecule has 0 bridgehead atoms. The van der Waals surface area contributed by atoms with Gasteiger partial charge in [0.05, 0.1) is 12.7 Å². The second-order valence-corrected chi connectivity index (χ2v) is 7.94. The molecular weight excluding hydrogens is 362 g/mol. The van der Waals surface area contributed by atoms with Crippen LogP contribution in [0.25, 0.3) is 0 Å². The molecule has 1 atom stereocenters. The smallest absolute Gasteiger partial charge is 0.337 e. The summed E-state index contributed by atoms with van der Waals surface area (Å²) in [6, 6.07) is 7.17. The fraction of sp³-hybridized carbons (Fsp3) is 0.364. The quantitative estimate of drug-likeness (QED) is 0.313. The number of methoxy groups -OCH3 is 1. The van der Waals surface area contributed by atoms with Crippen LogP contribution in [0.2, 0.25) is 0 Å². The third kappa shape index (κ3) is 5.57. The molecule has 0 saturated carbocycles. The van der Waals surface area contributed by atoms with Crippen LogP contribution in [0, 0.1) is 11.3 Å². The number of esters is 1. The summed E-state index contributed by atoms with van der Waals surface area (Å²) in [4.78, 5) is 11.6. The van der Waals surface area contributed by atoms with Gasteiger partial charge in [-0.15, -0.1) is 0 Å². The van der Waals surface area contributed by atoms with Gasteiger partial charge in [-0.1, -0.05) is 74.0 Å². The SMILES string of the molecule is COC(=O)c1ccc(CC(C2=CCC=C(C(C)(C)C)C=C2)/C(Cl)=N/O)cc1. The molecule has 0 fully saturated rings. The summed E-state index contributed by atoms with van der Waals surface area (Å²) < 4.78 is 4.72. The van der Waals surface area contributed by atoms with Gasteiger partial charge in [0.1, 0.15) is 0 Å². The van der Waals surface area contributed by atoms with E-state index in [0.29, 0.717) is 12.0 Å². The lowest BCUT2D eigenvalue weighted by Gasteiger charge is -2.20. The fourth-order valence-corrected chi connectivity index (χ4v) is 3.20. The number of hydrogen-bond acceptors (Lipinski definition) is 4. The van der Waals surface area contributed by atoms with E-state index in [9.17, 15) is 10.0 Å². The highest BCUT2D eigenvalue weighted by Gasteiger charge is 2.22. The Kier molecular flexibility index (Phi) is 7.03. The second kappa shape index (κ2) is 9.05. The molecule has 0 radical (unpaired) electrons. The molecular formula is C22H26ClNO3. The second-order valence-electron chi connectivity index (χ2n) is 7.55. The molecule has 5 heteroatoms. The van der Waals surface area contributed by atoms with Crippen LogP contribution in [-0.4, -0.2) is 23.5 Å². The Balaban J connectivity index is 2.24. The van der Waals surface area contributed by atoms with Crippen molar-refractivity contribution in [3.8, 4) is 0 Å². The van der Waals surface area contributed by atoms with Gasteiger partial charge in [-0.3, -0.25) is 0 Å². The van der Waals surface area contributed by atoms with Crippen molar-refractivity contribution in [2.24, 2.45) is 16.5 Å². The maximum absolute atomic E-state index is 11.6. The number of carbonyl (C=O) groups excluding carboxylic acids is 1. The molecule has 0 aromatic heterocycles. The predicted octanol–water partition coefficient (Wildman–Crippen LogP) is 5.52. The molecule has 4 nitrogen and oxygen atoms in total. The Morgan fingerprint density at radius 1 is 1.22 bits per heavy atom. The predicted molar refractivity (Wildman–Crippen MR) is 109 cm³/mol. The first-order valence-electron chi connectivity index (χ1n) is 8.89. The van der Waals surface area contributed by atoms with E-state index in [-0.39, 0.29) is 22.5 Å². The molecule has 1 aliphatic carbocycles. The maximum Gasteiger partial charge on any atom is 0.337 e. The summed E-state index contributed by atoms with van der Waals surface area (Å²) in [5.74, 6) is -0.632. The Bertz CT molecular complexity index is 796. The Hall–Kier alpha value is -2.33. The standard InChI is InChI=1S/C22H26ClNO3/c1-22(2,3)18-7-5-6-16(12-13-18)19(20(23)24-26)14-15-8-10-17(11-9-15)21(25)27-4/h6-13,19,26H,5,14H2,1-4H3/b24-20-. The highest BCUT2D eigenvalue weighted by Crippen LogP contribution is 2.31. The molecule has 2 rings (SSSR count). The Labute approximate surface area is 165 Å². The van der Waals surface area contributed by atoms with E-state index in [1.54, 1.807) is 12.1 Å². The number of oxime groups is 1. The number of carbonyl (C=O) groups is 1. The van der Waals surface area contributed by atoms with E-state index in [1.807, 2.05) is 18.2 Å². The summed E-state index contributed by atoms with van der Waals surface area (Å²) in [6.45, 7) is 6.53. The topological polar surface area (TPSA) is 58.9 Å². The third-order valence-corrected chi connectivity index (χ3v) is 4.95. The molecule has 1 aliphatic rings. The van der Waals surface area contributed by atoms with Crippen LogP contribution in [0.3, 0.4) is 0 Å². The highest BCUT2D eigenvalue weighted by atomic mass is 35.5. The van der Waals surface area contributed by atoms with Gasteiger partial charge in [0.25, 0.3) is 0 Å². The molecule has 27 heavy (non-hydrogen) atoms. The number of halogens is 1. The molecule has 1 aromatic carbocycles. The number of allylic oxidation sites excluding steroid dienone is 6. The van der Waals surface area contributed by atoms with Crippen LogP contribution < -0.4 is 0 Å². The summed E-state index contributed by atoms with van der Waals surface area (Å²) >= 11 is 6.23. The Morgan fingerprint density at radius 2 is 1.89 bits per heavy atom. The van der Waals surface area contributed by atoms with Crippen molar-refractivity contribution in [2.75, 3.05) is 7.11 Å². The molecule has 144 valence electrons. The van der Waals surface area contributed by atoms with Gasteiger partial charge in [-0.2, -0.15) is 0 Å².